The molecule has 3 amide bonds. The number of carbonyl (C=O) groups excluding carboxylic acids is 3. The number of amides is 3. The third-order valence-electron chi connectivity index (χ3n) is 10.7. The van der Waals surface area contributed by atoms with E-state index in [1.807, 2.05) is 36.4 Å². The van der Waals surface area contributed by atoms with Gasteiger partial charge in [-0.3, -0.25) is 29.5 Å². The second-order valence-electron chi connectivity index (χ2n) is 13.9. The van der Waals surface area contributed by atoms with Gasteiger partial charge in [-0.2, -0.15) is 0 Å². The van der Waals surface area contributed by atoms with Crippen molar-refractivity contribution in [2.24, 2.45) is 0 Å². The molecule has 5 aliphatic rings. The van der Waals surface area contributed by atoms with Crippen LogP contribution < -0.4 is 20.3 Å². The van der Waals surface area contributed by atoms with E-state index >= 15 is 0 Å². The van der Waals surface area contributed by atoms with Crippen molar-refractivity contribution in [2.75, 3.05) is 56.0 Å². The number of ether oxygens (including phenoxy) is 1. The number of anilines is 2. The lowest BCUT2D eigenvalue weighted by molar-refractivity contribution is -0.136. The number of aromatic hydroxyl groups is 1. The fourth-order valence-electron chi connectivity index (χ4n) is 8.19. The molecule has 1 unspecified atom stereocenters. The largest absolute Gasteiger partial charge is 0.507 e. The summed E-state index contributed by atoms with van der Waals surface area (Å²) in [5.41, 5.74) is 3.85. The van der Waals surface area contributed by atoms with Crippen LogP contribution in [0, 0.1) is 0 Å². The number of rotatable bonds is 7. The van der Waals surface area contributed by atoms with E-state index in [9.17, 15) is 19.5 Å². The highest BCUT2D eigenvalue weighted by Gasteiger charge is 2.40. The van der Waals surface area contributed by atoms with Gasteiger partial charge < -0.3 is 25.0 Å². The van der Waals surface area contributed by atoms with Crippen LogP contribution in [0.15, 0.2) is 48.5 Å². The summed E-state index contributed by atoms with van der Waals surface area (Å²) >= 11 is 0. The molecule has 13 heteroatoms. The summed E-state index contributed by atoms with van der Waals surface area (Å²) in [6, 6.07) is 15.1. The van der Waals surface area contributed by atoms with Crippen molar-refractivity contribution < 1.29 is 24.2 Å². The van der Waals surface area contributed by atoms with E-state index in [4.69, 9.17) is 4.74 Å². The van der Waals surface area contributed by atoms with Gasteiger partial charge in [0.05, 0.1) is 17.4 Å². The fraction of sp³-hybridized carbons (Fsp3) is 0.472. The highest BCUT2D eigenvalue weighted by Crippen LogP contribution is 2.37. The monoisotopic (exact) mass is 666 g/mol. The number of piperazine rings is 1. The van der Waals surface area contributed by atoms with E-state index in [1.165, 1.54) is 0 Å². The second kappa shape index (κ2) is 12.9. The van der Waals surface area contributed by atoms with Gasteiger partial charge in [0, 0.05) is 62.9 Å². The Morgan fingerprint density at radius 2 is 1.78 bits per heavy atom. The quantitative estimate of drug-likeness (QED) is 0.320. The van der Waals surface area contributed by atoms with Crippen molar-refractivity contribution in [3.8, 4) is 22.8 Å². The van der Waals surface area contributed by atoms with Crippen LogP contribution in [0.1, 0.15) is 48.5 Å². The molecule has 0 radical (unpaired) electrons. The van der Waals surface area contributed by atoms with Crippen molar-refractivity contribution in [2.45, 2.75) is 63.4 Å². The van der Waals surface area contributed by atoms with Crippen molar-refractivity contribution >= 4 is 29.2 Å². The number of nitrogens with one attached hydrogen (secondary N) is 2. The lowest BCUT2D eigenvalue weighted by Crippen LogP contribution is -2.61. The molecule has 8 rings (SSSR count). The normalized spacial score (nSPS) is 23.7. The number of fused-ring (bicyclic) bond motifs is 4. The zero-order valence-electron chi connectivity index (χ0n) is 27.7. The zero-order chi connectivity index (χ0) is 33.6. The Labute approximate surface area is 285 Å². The van der Waals surface area contributed by atoms with Crippen LogP contribution in [0.2, 0.25) is 0 Å². The number of nitrogens with zero attached hydrogens (tertiary/aromatic N) is 6. The number of benzene rings is 2. The topological polar surface area (TPSA) is 143 Å². The third kappa shape index (κ3) is 6.17. The summed E-state index contributed by atoms with van der Waals surface area (Å²) in [4.78, 5) is 46.2. The molecule has 0 saturated carbocycles. The number of piperidine rings is 2. The Bertz CT molecular complexity index is 1780. The minimum atomic E-state index is -0.622. The van der Waals surface area contributed by atoms with E-state index in [-0.39, 0.29) is 30.1 Å². The molecule has 13 nitrogen and oxygen atoms in total. The number of likely N-dealkylation sites (tertiary alicyclic amines) is 1. The van der Waals surface area contributed by atoms with E-state index in [0.29, 0.717) is 41.9 Å². The predicted octanol–water partition coefficient (Wildman–Crippen LogP) is 2.46. The number of hydrogen-bond acceptors (Lipinski definition) is 11. The highest BCUT2D eigenvalue weighted by atomic mass is 16.5. The average Bonchev–Trinajstić information content (AvgIpc) is 3.43. The van der Waals surface area contributed by atoms with Gasteiger partial charge in [0.1, 0.15) is 23.6 Å². The number of carbonyl (C=O) groups is 3. The molecule has 3 N–H and O–H groups in total. The molecule has 3 saturated heterocycles. The van der Waals surface area contributed by atoms with Gasteiger partial charge in [-0.1, -0.05) is 12.1 Å². The molecule has 6 heterocycles. The van der Waals surface area contributed by atoms with E-state index < -0.39 is 11.9 Å². The van der Waals surface area contributed by atoms with Gasteiger partial charge in [-0.15, -0.1) is 10.2 Å². The minimum absolute atomic E-state index is 0.0272. The Morgan fingerprint density at radius 3 is 2.59 bits per heavy atom. The minimum Gasteiger partial charge on any atom is -0.507 e. The molecule has 49 heavy (non-hydrogen) atoms. The van der Waals surface area contributed by atoms with Crippen LogP contribution in [-0.4, -0.2) is 118 Å². The summed E-state index contributed by atoms with van der Waals surface area (Å²) in [6.07, 6.45) is 2.79. The second-order valence-corrected chi connectivity index (χ2v) is 13.9. The number of hydrogen-bond donors (Lipinski definition) is 3. The summed E-state index contributed by atoms with van der Waals surface area (Å²) in [7, 11) is 0. The van der Waals surface area contributed by atoms with Gasteiger partial charge in [-0.05, 0) is 81.2 Å². The fourth-order valence-corrected chi connectivity index (χ4v) is 8.19. The van der Waals surface area contributed by atoms with E-state index in [1.54, 1.807) is 17.0 Å². The van der Waals surface area contributed by atoms with Crippen molar-refractivity contribution in [3.05, 3.63) is 59.7 Å². The molecule has 256 valence electrons. The molecule has 5 aliphatic heterocycles. The summed E-state index contributed by atoms with van der Waals surface area (Å²) in [5.74, 6) is 0.860. The van der Waals surface area contributed by atoms with E-state index in [0.717, 1.165) is 81.5 Å². The molecule has 0 bridgehead atoms. The highest BCUT2D eigenvalue weighted by molar-refractivity contribution is 6.05. The summed E-state index contributed by atoms with van der Waals surface area (Å²) in [6.45, 7) is 9.02. The molecular formula is C36H42N8O5. The van der Waals surface area contributed by atoms with Gasteiger partial charge >= 0.3 is 0 Å². The molecule has 2 aromatic carbocycles. The molecule has 3 fully saturated rings. The number of imide groups is 1. The average molecular weight is 667 g/mol. The SMILES string of the molecule is CC(CN1CCC(N2CCN3c4cc(-c5ccccc5O)nnc4NC[C@H]3C2)CC1)Oc1ccc2c(c1)CN([C@@H]1CCC(=O)NC1=O)C2=O. The lowest BCUT2D eigenvalue weighted by atomic mass is 9.99. The molecule has 3 aromatic rings. The van der Waals surface area contributed by atoms with Gasteiger partial charge in [0.2, 0.25) is 11.8 Å². The number of phenolic OH excluding ortho intramolecular Hbond substituents is 1. The first kappa shape index (κ1) is 31.5. The van der Waals surface area contributed by atoms with Gasteiger partial charge in [-0.25, -0.2) is 0 Å². The lowest BCUT2D eigenvalue weighted by Gasteiger charge is -2.49. The summed E-state index contributed by atoms with van der Waals surface area (Å²) in [5, 5.41) is 25.0. The van der Waals surface area contributed by atoms with Crippen molar-refractivity contribution in [1.29, 1.82) is 0 Å². The number of para-hydroxylation sites is 1. The molecule has 3 atom stereocenters. The Hall–Kier alpha value is -4.75. The van der Waals surface area contributed by atoms with Crippen molar-refractivity contribution in [1.82, 2.24) is 30.2 Å². The van der Waals surface area contributed by atoms with Gasteiger partial charge in [0.15, 0.2) is 5.82 Å². The third-order valence-corrected chi connectivity index (χ3v) is 10.7. The van der Waals surface area contributed by atoms with E-state index in [2.05, 4.69) is 42.5 Å². The zero-order valence-corrected chi connectivity index (χ0v) is 27.7. The smallest absolute Gasteiger partial charge is 0.255 e. The van der Waals surface area contributed by atoms with Crippen LogP contribution in [0.5, 0.6) is 11.5 Å². The first-order valence-corrected chi connectivity index (χ1v) is 17.4. The van der Waals surface area contributed by atoms with Crippen molar-refractivity contribution in [3.63, 3.8) is 0 Å². The number of aromatic nitrogens is 2. The molecule has 0 spiro atoms. The summed E-state index contributed by atoms with van der Waals surface area (Å²) < 4.78 is 6.33. The number of phenols is 1. The van der Waals surface area contributed by atoms with Crippen LogP contribution >= 0.6 is 0 Å². The maximum atomic E-state index is 13.0. The van der Waals surface area contributed by atoms with Crippen LogP contribution in [0.25, 0.3) is 11.3 Å². The van der Waals surface area contributed by atoms with Gasteiger partial charge in [0.25, 0.3) is 5.91 Å². The maximum absolute atomic E-state index is 13.0. The predicted molar refractivity (Wildman–Crippen MR) is 182 cm³/mol. The molecule has 0 aliphatic carbocycles. The first-order chi connectivity index (χ1) is 23.8. The Kier molecular flexibility index (Phi) is 8.32. The van der Waals surface area contributed by atoms with Crippen LogP contribution in [-0.2, 0) is 16.1 Å². The van der Waals surface area contributed by atoms with Crippen LogP contribution in [0.4, 0.5) is 11.5 Å². The molecule has 1 aromatic heterocycles. The van der Waals surface area contributed by atoms with Crippen LogP contribution in [0.3, 0.4) is 0 Å². The molecular weight excluding hydrogens is 624 g/mol. The maximum Gasteiger partial charge on any atom is 0.255 e. The standard InChI is InChI=1S/C36H42N8O5/c1-22(49-26-6-7-27-23(16-26)20-44(36(27)48)30-8-9-33(46)38-35(30)47)19-41-12-10-24(11-13-41)42-14-15-43-25(21-42)18-37-34-31(43)17-29(39-40-34)28-4-2-3-5-32(28)45/h2-7,16-17,22,24-25,30,45H,8-15,18-21H2,1H3,(H,37,40)(H,38,46,47)/t22?,25-,30+/m0/s1. The Morgan fingerprint density at radius 1 is 0.939 bits per heavy atom. The first-order valence-electron chi connectivity index (χ1n) is 17.4. The Balaban J connectivity index is 0.825.